The lowest BCUT2D eigenvalue weighted by Crippen LogP contribution is -2.25. The molecule has 0 bridgehead atoms. The van der Waals surface area contributed by atoms with Crippen LogP contribution in [0.4, 0.5) is 10.8 Å². The van der Waals surface area contributed by atoms with E-state index in [0.29, 0.717) is 27.9 Å². The predicted octanol–water partition coefficient (Wildman–Crippen LogP) is 3.93. The minimum atomic E-state index is -3.69. The van der Waals surface area contributed by atoms with Crippen LogP contribution < -0.4 is 19.7 Å². The van der Waals surface area contributed by atoms with Crippen LogP contribution in [0, 0.1) is 0 Å². The highest BCUT2D eigenvalue weighted by Gasteiger charge is 2.25. The summed E-state index contributed by atoms with van der Waals surface area (Å²) in [5.41, 5.74) is 2.51. The molecule has 9 nitrogen and oxygen atoms in total. The fourth-order valence-corrected chi connectivity index (χ4v) is 5.57. The standard InChI is InChI=1S/C24H28N4O5S2/c1-27(2)35(30,31)17-8-9-20(28-11-5-6-12-28)18(14-17)23(29)26-24-25-19(15-34-24)16-7-10-21(32-3)22(13-16)33-4/h7-10,13-15H,5-6,11-12H2,1-4H3,(H,25,26,29). The van der Waals surface area contributed by atoms with Gasteiger partial charge < -0.3 is 14.4 Å². The van der Waals surface area contributed by atoms with Gasteiger partial charge in [-0.3, -0.25) is 10.1 Å². The number of benzene rings is 2. The molecule has 1 fully saturated rings. The topological polar surface area (TPSA) is 101 Å². The molecule has 1 aromatic heterocycles. The molecule has 0 spiro atoms. The lowest BCUT2D eigenvalue weighted by Gasteiger charge is -2.22. The number of carbonyl (C=O) groups is 1. The molecule has 35 heavy (non-hydrogen) atoms. The fraction of sp³-hybridized carbons (Fsp3) is 0.333. The second-order valence-corrected chi connectivity index (χ2v) is 11.2. The first-order chi connectivity index (χ1) is 16.7. The second-order valence-electron chi connectivity index (χ2n) is 8.22. The number of amides is 1. The average Bonchev–Trinajstić information content (AvgIpc) is 3.55. The highest BCUT2D eigenvalue weighted by atomic mass is 32.2. The molecule has 4 rings (SSSR count). The number of anilines is 2. The van der Waals surface area contributed by atoms with E-state index in [9.17, 15) is 13.2 Å². The third-order valence-electron chi connectivity index (χ3n) is 5.84. The van der Waals surface area contributed by atoms with Gasteiger partial charge in [0.15, 0.2) is 16.6 Å². The van der Waals surface area contributed by atoms with Crippen LogP contribution in [0.3, 0.4) is 0 Å². The average molecular weight is 517 g/mol. The molecule has 0 aliphatic carbocycles. The summed E-state index contributed by atoms with van der Waals surface area (Å²) < 4.78 is 37.2. The van der Waals surface area contributed by atoms with Crippen molar-refractivity contribution < 1.29 is 22.7 Å². The van der Waals surface area contributed by atoms with E-state index in [0.717, 1.165) is 41.5 Å². The highest BCUT2D eigenvalue weighted by Crippen LogP contribution is 2.34. The van der Waals surface area contributed by atoms with Crippen LogP contribution in [-0.2, 0) is 10.0 Å². The van der Waals surface area contributed by atoms with Gasteiger partial charge in [0, 0.05) is 43.8 Å². The Kier molecular flexibility index (Phi) is 7.29. The molecule has 3 aromatic rings. The van der Waals surface area contributed by atoms with Gasteiger partial charge in [-0.2, -0.15) is 0 Å². The number of rotatable bonds is 8. The summed E-state index contributed by atoms with van der Waals surface area (Å²) in [5.74, 6) is 0.788. The van der Waals surface area contributed by atoms with E-state index in [1.165, 1.54) is 31.5 Å². The molecule has 1 aliphatic rings. The normalized spacial score (nSPS) is 13.8. The summed E-state index contributed by atoms with van der Waals surface area (Å²) in [6.07, 6.45) is 2.06. The van der Waals surface area contributed by atoms with E-state index in [1.807, 2.05) is 17.5 Å². The molecule has 2 heterocycles. The number of thiazole rings is 1. The Morgan fingerprint density at radius 3 is 2.43 bits per heavy atom. The van der Waals surface area contributed by atoms with Crippen LogP contribution in [0.15, 0.2) is 46.7 Å². The zero-order chi connectivity index (χ0) is 25.2. The molecule has 186 valence electrons. The molecule has 1 saturated heterocycles. The maximum Gasteiger partial charge on any atom is 0.259 e. The van der Waals surface area contributed by atoms with Gasteiger partial charge in [0.1, 0.15) is 0 Å². The summed E-state index contributed by atoms with van der Waals surface area (Å²) >= 11 is 1.29. The molecule has 0 atom stereocenters. The second kappa shape index (κ2) is 10.2. The van der Waals surface area contributed by atoms with E-state index in [-0.39, 0.29) is 4.90 Å². The summed E-state index contributed by atoms with van der Waals surface area (Å²) in [5, 5.41) is 5.10. The fourth-order valence-electron chi connectivity index (χ4n) is 3.93. The van der Waals surface area contributed by atoms with Crippen LogP contribution in [0.5, 0.6) is 11.5 Å². The minimum absolute atomic E-state index is 0.0701. The Balaban J connectivity index is 1.64. The number of nitrogens with one attached hydrogen (secondary N) is 1. The lowest BCUT2D eigenvalue weighted by molar-refractivity contribution is 0.102. The van der Waals surface area contributed by atoms with Crippen LogP contribution in [0.25, 0.3) is 11.3 Å². The first kappa shape index (κ1) is 25.0. The van der Waals surface area contributed by atoms with Crippen molar-refractivity contribution in [2.24, 2.45) is 0 Å². The number of hydrogen-bond acceptors (Lipinski definition) is 8. The number of methoxy groups -OCH3 is 2. The van der Waals surface area contributed by atoms with Gasteiger partial charge in [0.2, 0.25) is 10.0 Å². The third kappa shape index (κ3) is 5.12. The maximum atomic E-state index is 13.4. The van der Waals surface area contributed by atoms with Crippen LogP contribution >= 0.6 is 11.3 Å². The van der Waals surface area contributed by atoms with Gasteiger partial charge in [-0.05, 0) is 49.2 Å². The molecule has 0 unspecified atom stereocenters. The first-order valence-electron chi connectivity index (χ1n) is 11.1. The van der Waals surface area contributed by atoms with Gasteiger partial charge in [0.25, 0.3) is 5.91 Å². The van der Waals surface area contributed by atoms with Crippen LogP contribution in [0.2, 0.25) is 0 Å². The molecular weight excluding hydrogens is 488 g/mol. The summed E-state index contributed by atoms with van der Waals surface area (Å²) in [6.45, 7) is 1.64. The quantitative estimate of drug-likeness (QED) is 0.484. The van der Waals surface area contributed by atoms with Gasteiger partial charge in [-0.25, -0.2) is 17.7 Å². The number of carbonyl (C=O) groups excluding carboxylic acids is 1. The number of sulfonamides is 1. The SMILES string of the molecule is COc1ccc(-c2csc(NC(=O)c3cc(S(=O)(=O)N(C)C)ccc3N3CCCC3)n2)cc1OC. The maximum absolute atomic E-state index is 13.4. The predicted molar refractivity (Wildman–Crippen MR) is 137 cm³/mol. The van der Waals surface area contributed by atoms with Crippen molar-refractivity contribution in [2.45, 2.75) is 17.7 Å². The summed E-state index contributed by atoms with van der Waals surface area (Å²) in [6, 6.07) is 10.2. The zero-order valence-corrected chi connectivity index (χ0v) is 21.7. The number of ether oxygens (including phenoxy) is 2. The van der Waals surface area contributed by atoms with Gasteiger partial charge in [0.05, 0.1) is 30.4 Å². The van der Waals surface area contributed by atoms with E-state index in [1.54, 1.807) is 32.4 Å². The minimum Gasteiger partial charge on any atom is -0.493 e. The summed E-state index contributed by atoms with van der Waals surface area (Å²) in [7, 11) is 2.38. The molecule has 0 radical (unpaired) electrons. The van der Waals surface area contributed by atoms with Crippen molar-refractivity contribution in [1.29, 1.82) is 0 Å². The Hall–Kier alpha value is -3.15. The Morgan fingerprint density at radius 1 is 1.06 bits per heavy atom. The van der Waals surface area contributed by atoms with E-state index in [2.05, 4.69) is 15.2 Å². The molecule has 1 amide bonds. The zero-order valence-electron chi connectivity index (χ0n) is 20.1. The van der Waals surface area contributed by atoms with Gasteiger partial charge in [-0.1, -0.05) is 0 Å². The van der Waals surface area contributed by atoms with Gasteiger partial charge >= 0.3 is 0 Å². The van der Waals surface area contributed by atoms with Gasteiger partial charge in [-0.15, -0.1) is 11.3 Å². The smallest absolute Gasteiger partial charge is 0.259 e. The van der Waals surface area contributed by atoms with E-state index >= 15 is 0 Å². The van der Waals surface area contributed by atoms with E-state index < -0.39 is 15.9 Å². The van der Waals surface area contributed by atoms with Crippen molar-refractivity contribution in [3.63, 3.8) is 0 Å². The van der Waals surface area contributed by atoms with Crippen molar-refractivity contribution >= 4 is 38.1 Å². The molecule has 11 heteroatoms. The van der Waals surface area contributed by atoms with E-state index in [4.69, 9.17) is 9.47 Å². The monoisotopic (exact) mass is 516 g/mol. The Labute approximate surface area is 209 Å². The number of hydrogen-bond donors (Lipinski definition) is 1. The Bertz CT molecular complexity index is 1330. The lowest BCUT2D eigenvalue weighted by atomic mass is 10.1. The molecule has 2 aromatic carbocycles. The largest absolute Gasteiger partial charge is 0.493 e. The first-order valence-corrected chi connectivity index (χ1v) is 13.4. The number of nitrogens with zero attached hydrogens (tertiary/aromatic N) is 3. The summed E-state index contributed by atoms with van der Waals surface area (Å²) in [4.78, 5) is 20.1. The van der Waals surface area contributed by atoms with Crippen LogP contribution in [0.1, 0.15) is 23.2 Å². The Morgan fingerprint density at radius 2 is 1.77 bits per heavy atom. The van der Waals surface area contributed by atoms with Crippen LogP contribution in [-0.4, -0.2) is 65.0 Å². The van der Waals surface area contributed by atoms with Crippen molar-refractivity contribution in [1.82, 2.24) is 9.29 Å². The highest BCUT2D eigenvalue weighted by molar-refractivity contribution is 7.89. The molecule has 1 N–H and O–H groups in total. The van der Waals surface area contributed by atoms with Crippen molar-refractivity contribution in [3.05, 3.63) is 47.3 Å². The number of aromatic nitrogens is 1. The molecule has 0 saturated carbocycles. The third-order valence-corrected chi connectivity index (χ3v) is 8.41. The molecule has 1 aliphatic heterocycles. The molecular formula is C24H28N4O5S2. The van der Waals surface area contributed by atoms with Crippen molar-refractivity contribution in [2.75, 3.05) is 51.6 Å². The van der Waals surface area contributed by atoms with Crippen molar-refractivity contribution in [3.8, 4) is 22.8 Å².